The van der Waals surface area contributed by atoms with Gasteiger partial charge < -0.3 is 10.0 Å². The lowest BCUT2D eigenvalue weighted by Crippen LogP contribution is -2.30. The zero-order valence-electron chi connectivity index (χ0n) is 7.18. The van der Waals surface area contributed by atoms with Crippen LogP contribution in [0.15, 0.2) is 30.5 Å². The average molecular weight is 207 g/mol. The minimum Gasteiger partial charge on any atom is -0.423 e. The first-order chi connectivity index (χ1) is 6.70. The van der Waals surface area contributed by atoms with Crippen molar-refractivity contribution in [2.24, 2.45) is 0 Å². The van der Waals surface area contributed by atoms with Crippen LogP contribution < -0.4 is 5.46 Å². The molecule has 0 saturated heterocycles. The molecule has 2 N–H and O–H groups in total. The topological polar surface area (TPSA) is 53.4 Å². The van der Waals surface area contributed by atoms with Gasteiger partial charge in [-0.1, -0.05) is 17.7 Å². The van der Waals surface area contributed by atoms with Gasteiger partial charge in [-0.05, 0) is 18.2 Å². The van der Waals surface area contributed by atoms with E-state index >= 15 is 0 Å². The number of nitrogens with zero attached hydrogens (tertiary/aromatic N) is 1. The first kappa shape index (κ1) is 9.46. The van der Waals surface area contributed by atoms with Crippen molar-refractivity contribution in [3.8, 4) is 0 Å². The van der Waals surface area contributed by atoms with Crippen molar-refractivity contribution < 1.29 is 10.0 Å². The van der Waals surface area contributed by atoms with E-state index in [0.29, 0.717) is 16.0 Å². The van der Waals surface area contributed by atoms with Gasteiger partial charge in [-0.2, -0.15) is 0 Å². The lowest BCUT2D eigenvalue weighted by atomic mass is 9.79. The molecule has 0 amide bonds. The zero-order chi connectivity index (χ0) is 10.1. The van der Waals surface area contributed by atoms with Gasteiger partial charge in [0.15, 0.2) is 0 Å². The molecule has 0 unspecified atom stereocenters. The van der Waals surface area contributed by atoms with Crippen LogP contribution >= 0.6 is 11.6 Å². The maximum atomic E-state index is 9.09. The van der Waals surface area contributed by atoms with Crippen molar-refractivity contribution in [1.29, 1.82) is 0 Å². The molecule has 0 bridgehead atoms. The molecule has 1 aromatic carbocycles. The summed E-state index contributed by atoms with van der Waals surface area (Å²) >= 11 is 5.93. The highest BCUT2D eigenvalue weighted by Crippen LogP contribution is 2.19. The van der Waals surface area contributed by atoms with E-state index < -0.39 is 7.12 Å². The van der Waals surface area contributed by atoms with Crippen molar-refractivity contribution in [1.82, 2.24) is 4.98 Å². The van der Waals surface area contributed by atoms with Crippen molar-refractivity contribution in [2.45, 2.75) is 0 Å². The Labute approximate surface area is 86.1 Å². The maximum absolute atomic E-state index is 9.09. The highest BCUT2D eigenvalue weighted by Gasteiger charge is 2.16. The molecule has 0 aliphatic heterocycles. The number of aromatic nitrogens is 1. The van der Waals surface area contributed by atoms with E-state index in [9.17, 15) is 0 Å². The molecule has 0 spiro atoms. The minimum absolute atomic E-state index is 0.366. The van der Waals surface area contributed by atoms with Gasteiger partial charge in [0.2, 0.25) is 0 Å². The van der Waals surface area contributed by atoms with Crippen LogP contribution in [0.1, 0.15) is 0 Å². The fourth-order valence-corrected chi connectivity index (χ4v) is 1.58. The normalized spacial score (nSPS) is 10.5. The van der Waals surface area contributed by atoms with E-state index in [-0.39, 0.29) is 0 Å². The molecule has 1 heterocycles. The van der Waals surface area contributed by atoms with E-state index in [2.05, 4.69) is 4.98 Å². The molecular formula is C9H7BClNO2. The third-order valence-electron chi connectivity index (χ3n) is 2.03. The lowest BCUT2D eigenvalue weighted by Gasteiger charge is -2.05. The Kier molecular flexibility index (Phi) is 2.41. The number of benzene rings is 1. The zero-order valence-corrected chi connectivity index (χ0v) is 7.94. The summed E-state index contributed by atoms with van der Waals surface area (Å²) in [5.74, 6) is 0. The van der Waals surface area contributed by atoms with Crippen LogP contribution in [0.25, 0.3) is 10.9 Å². The predicted molar refractivity (Wildman–Crippen MR) is 56.6 cm³/mol. The number of pyridine rings is 1. The first-order valence-corrected chi connectivity index (χ1v) is 4.47. The van der Waals surface area contributed by atoms with Gasteiger partial charge in [0.05, 0.1) is 5.52 Å². The van der Waals surface area contributed by atoms with Gasteiger partial charge in [0.25, 0.3) is 0 Å². The van der Waals surface area contributed by atoms with Crippen LogP contribution in [0.2, 0.25) is 5.02 Å². The summed E-state index contributed by atoms with van der Waals surface area (Å²) < 4.78 is 0. The van der Waals surface area contributed by atoms with Crippen LogP contribution in [0.4, 0.5) is 0 Å². The van der Waals surface area contributed by atoms with Crippen LogP contribution in [0, 0.1) is 0 Å². The molecule has 0 atom stereocenters. The van der Waals surface area contributed by atoms with E-state index in [1.165, 1.54) is 0 Å². The summed E-state index contributed by atoms with van der Waals surface area (Å²) in [6.45, 7) is 0. The van der Waals surface area contributed by atoms with E-state index in [1.807, 2.05) is 0 Å². The first-order valence-electron chi connectivity index (χ1n) is 4.09. The second kappa shape index (κ2) is 3.57. The Morgan fingerprint density at radius 2 is 2.00 bits per heavy atom. The fourth-order valence-electron chi connectivity index (χ4n) is 1.37. The second-order valence-corrected chi connectivity index (χ2v) is 3.32. The van der Waals surface area contributed by atoms with Crippen LogP contribution in [-0.2, 0) is 0 Å². The molecule has 0 aliphatic carbocycles. The van der Waals surface area contributed by atoms with E-state index in [1.54, 1.807) is 30.5 Å². The fraction of sp³-hybridized carbons (Fsp3) is 0. The van der Waals surface area contributed by atoms with Crippen molar-refractivity contribution >= 4 is 35.1 Å². The molecule has 14 heavy (non-hydrogen) atoms. The second-order valence-electron chi connectivity index (χ2n) is 2.91. The molecule has 3 nitrogen and oxygen atoms in total. The molecule has 2 aromatic rings. The van der Waals surface area contributed by atoms with Crippen molar-refractivity contribution in [3.63, 3.8) is 0 Å². The summed E-state index contributed by atoms with van der Waals surface area (Å²) in [5.41, 5.74) is 0.889. The molecule has 0 fully saturated rings. The summed E-state index contributed by atoms with van der Waals surface area (Å²) in [5, 5.41) is 19.4. The Bertz CT molecular complexity index is 475. The van der Waals surface area contributed by atoms with Gasteiger partial charge in [0, 0.05) is 22.1 Å². The smallest absolute Gasteiger partial charge is 0.423 e. The van der Waals surface area contributed by atoms with Crippen molar-refractivity contribution in [3.05, 3.63) is 35.5 Å². The molecule has 5 heteroatoms. The number of hydrogen-bond acceptors (Lipinski definition) is 3. The Balaban J connectivity index is 2.82. The van der Waals surface area contributed by atoms with Gasteiger partial charge >= 0.3 is 7.12 Å². The van der Waals surface area contributed by atoms with E-state index in [4.69, 9.17) is 21.6 Å². The molecule has 0 aliphatic rings. The SMILES string of the molecule is OB(O)c1ccc(Cl)c2cccnc12. The Morgan fingerprint density at radius 3 is 2.71 bits per heavy atom. The largest absolute Gasteiger partial charge is 0.490 e. The molecule has 70 valence electrons. The molecular weight excluding hydrogens is 200 g/mol. The monoisotopic (exact) mass is 207 g/mol. The number of halogens is 1. The van der Waals surface area contributed by atoms with E-state index in [0.717, 1.165) is 5.39 Å². The quantitative estimate of drug-likeness (QED) is 0.672. The minimum atomic E-state index is -1.52. The molecule has 0 saturated carbocycles. The highest BCUT2D eigenvalue weighted by atomic mass is 35.5. The molecule has 1 aromatic heterocycles. The van der Waals surface area contributed by atoms with Crippen molar-refractivity contribution in [2.75, 3.05) is 0 Å². The molecule has 2 rings (SSSR count). The van der Waals surface area contributed by atoms with Gasteiger partial charge in [-0.25, -0.2) is 0 Å². The predicted octanol–water partition coefficient (Wildman–Crippen LogP) is 0.568. The van der Waals surface area contributed by atoms with Gasteiger partial charge in [-0.3, -0.25) is 4.98 Å². The molecule has 0 radical (unpaired) electrons. The third-order valence-corrected chi connectivity index (χ3v) is 2.36. The number of fused-ring (bicyclic) bond motifs is 1. The Hall–Kier alpha value is -1.10. The summed E-state index contributed by atoms with van der Waals surface area (Å²) in [4.78, 5) is 4.06. The summed E-state index contributed by atoms with van der Waals surface area (Å²) in [7, 11) is -1.52. The summed E-state index contributed by atoms with van der Waals surface area (Å²) in [6, 6.07) is 6.72. The van der Waals surface area contributed by atoms with Gasteiger partial charge in [0.1, 0.15) is 0 Å². The van der Waals surface area contributed by atoms with Crippen LogP contribution in [0.5, 0.6) is 0 Å². The summed E-state index contributed by atoms with van der Waals surface area (Å²) in [6.07, 6.45) is 1.59. The van der Waals surface area contributed by atoms with Crippen LogP contribution in [0.3, 0.4) is 0 Å². The maximum Gasteiger partial charge on any atom is 0.490 e. The highest BCUT2D eigenvalue weighted by molar-refractivity contribution is 6.62. The van der Waals surface area contributed by atoms with Crippen LogP contribution in [-0.4, -0.2) is 22.2 Å². The third kappa shape index (κ3) is 1.48. The number of rotatable bonds is 1. The average Bonchev–Trinajstić information content (AvgIpc) is 2.18. The standard InChI is InChI=1S/C9H7BClNO2/c11-8-4-3-7(10(13)14)9-6(8)2-1-5-12-9/h1-5,13-14H. The lowest BCUT2D eigenvalue weighted by molar-refractivity contribution is 0.426. The van der Waals surface area contributed by atoms with Gasteiger partial charge in [-0.15, -0.1) is 0 Å². The number of hydrogen-bond donors (Lipinski definition) is 2. The Morgan fingerprint density at radius 1 is 1.21 bits per heavy atom.